The first-order valence-electron chi connectivity index (χ1n) is 6.93. The number of benzene rings is 1. The van der Waals surface area contributed by atoms with E-state index in [1.54, 1.807) is 6.07 Å². The third-order valence-corrected chi connectivity index (χ3v) is 3.43. The van der Waals surface area contributed by atoms with Crippen LogP contribution in [-0.2, 0) is 0 Å². The second kappa shape index (κ2) is 6.80. The highest BCUT2D eigenvalue weighted by Gasteiger charge is 2.28. The van der Waals surface area contributed by atoms with E-state index in [-0.39, 0.29) is 18.0 Å². The van der Waals surface area contributed by atoms with Crippen LogP contribution in [0.15, 0.2) is 24.3 Å². The van der Waals surface area contributed by atoms with Crippen LogP contribution in [0.3, 0.4) is 0 Å². The van der Waals surface area contributed by atoms with Gasteiger partial charge in [0.25, 0.3) is 0 Å². The number of nitriles is 1. The van der Waals surface area contributed by atoms with Crippen molar-refractivity contribution in [3.05, 3.63) is 24.3 Å². The number of para-hydroxylation sites is 2. The first-order valence-corrected chi connectivity index (χ1v) is 6.93. The Morgan fingerprint density at radius 1 is 1.45 bits per heavy atom. The van der Waals surface area contributed by atoms with Crippen LogP contribution in [0, 0.1) is 17.2 Å². The minimum absolute atomic E-state index is 0.0562. The van der Waals surface area contributed by atoms with E-state index < -0.39 is 0 Å². The zero-order valence-electron chi connectivity index (χ0n) is 11.6. The van der Waals surface area contributed by atoms with Gasteiger partial charge in [-0.05, 0) is 38.3 Å². The van der Waals surface area contributed by atoms with Gasteiger partial charge in [0.1, 0.15) is 5.75 Å². The van der Waals surface area contributed by atoms with Crippen LogP contribution < -0.4 is 15.4 Å². The minimum Gasteiger partial charge on any atom is -0.492 e. The number of carbonyl (C=O) groups is 1. The average Bonchev–Trinajstić information content (AvgIpc) is 2.88. The highest BCUT2D eigenvalue weighted by molar-refractivity contribution is 5.91. The van der Waals surface area contributed by atoms with E-state index in [9.17, 15) is 4.79 Å². The molecule has 106 valence electrons. The zero-order valence-corrected chi connectivity index (χ0v) is 11.6. The number of anilines is 1. The summed E-state index contributed by atoms with van der Waals surface area (Å²) < 4.78 is 5.46. The number of nitrogens with zero attached hydrogens (tertiary/aromatic N) is 1. The molecule has 1 aliphatic rings. The Morgan fingerprint density at radius 2 is 2.25 bits per heavy atom. The van der Waals surface area contributed by atoms with Crippen LogP contribution in [0.2, 0.25) is 0 Å². The molecular formula is C15H19N3O2. The van der Waals surface area contributed by atoms with Gasteiger partial charge in [0, 0.05) is 6.04 Å². The smallest absolute Gasteiger partial charge is 0.319 e. The largest absolute Gasteiger partial charge is 0.492 e. The van der Waals surface area contributed by atoms with Crippen molar-refractivity contribution in [1.29, 1.82) is 5.26 Å². The standard InChI is InChI=1S/C15H19N3O2/c1-2-20-14-9-4-3-7-13(14)18-15(19)17-12-8-5-6-11(12)10-16/h3-4,7,9,11-12H,2,5-6,8H2,1H3,(H2,17,18,19)/t11-,12-/m1/s1. The maximum Gasteiger partial charge on any atom is 0.319 e. The van der Waals surface area contributed by atoms with Crippen LogP contribution >= 0.6 is 0 Å². The second-order valence-electron chi connectivity index (χ2n) is 4.80. The Morgan fingerprint density at radius 3 is 3.00 bits per heavy atom. The van der Waals surface area contributed by atoms with Crippen molar-refractivity contribution in [3.63, 3.8) is 0 Å². The molecule has 1 aromatic rings. The molecule has 1 saturated carbocycles. The van der Waals surface area contributed by atoms with Gasteiger partial charge < -0.3 is 15.4 Å². The maximum atomic E-state index is 12.0. The molecule has 0 aromatic heterocycles. The summed E-state index contributed by atoms with van der Waals surface area (Å²) in [7, 11) is 0. The summed E-state index contributed by atoms with van der Waals surface area (Å²) in [4.78, 5) is 12.0. The molecule has 0 saturated heterocycles. The number of amides is 2. The highest BCUT2D eigenvalue weighted by atomic mass is 16.5. The van der Waals surface area contributed by atoms with Crippen LogP contribution in [0.5, 0.6) is 5.75 Å². The number of hydrogen-bond acceptors (Lipinski definition) is 3. The molecule has 1 aliphatic carbocycles. The van der Waals surface area contributed by atoms with Crippen molar-refractivity contribution in [2.24, 2.45) is 5.92 Å². The lowest BCUT2D eigenvalue weighted by molar-refractivity contribution is 0.247. The van der Waals surface area contributed by atoms with Crippen LogP contribution in [0.1, 0.15) is 26.2 Å². The molecule has 0 unspecified atom stereocenters. The van der Waals surface area contributed by atoms with E-state index in [1.165, 1.54) is 0 Å². The number of hydrogen-bond donors (Lipinski definition) is 2. The number of rotatable bonds is 4. The van der Waals surface area contributed by atoms with Crippen LogP contribution in [-0.4, -0.2) is 18.7 Å². The quantitative estimate of drug-likeness (QED) is 0.885. The molecule has 0 heterocycles. The van der Waals surface area contributed by atoms with Crippen molar-refractivity contribution >= 4 is 11.7 Å². The lowest BCUT2D eigenvalue weighted by Crippen LogP contribution is -2.39. The summed E-state index contributed by atoms with van der Waals surface area (Å²) in [6.07, 6.45) is 2.70. The Balaban J connectivity index is 1.96. The maximum absolute atomic E-state index is 12.0. The molecule has 2 N–H and O–H groups in total. The number of urea groups is 1. The van der Waals surface area contributed by atoms with E-state index in [0.29, 0.717) is 18.0 Å². The number of nitrogens with one attached hydrogen (secondary N) is 2. The molecule has 20 heavy (non-hydrogen) atoms. The summed E-state index contributed by atoms with van der Waals surface area (Å²) in [5.74, 6) is 0.566. The van der Waals surface area contributed by atoms with Crippen molar-refractivity contribution < 1.29 is 9.53 Å². The first-order chi connectivity index (χ1) is 9.74. The molecule has 1 fully saturated rings. The molecule has 0 spiro atoms. The van der Waals surface area contributed by atoms with E-state index in [0.717, 1.165) is 19.3 Å². The van der Waals surface area contributed by atoms with Gasteiger partial charge in [-0.15, -0.1) is 0 Å². The van der Waals surface area contributed by atoms with Gasteiger partial charge in [0.05, 0.1) is 24.3 Å². The summed E-state index contributed by atoms with van der Waals surface area (Å²) in [5, 5.41) is 14.7. The van der Waals surface area contributed by atoms with Crippen molar-refractivity contribution in [3.8, 4) is 11.8 Å². The van der Waals surface area contributed by atoms with Crippen molar-refractivity contribution in [2.75, 3.05) is 11.9 Å². The fraction of sp³-hybridized carbons (Fsp3) is 0.467. The number of ether oxygens (including phenoxy) is 1. The molecule has 0 bridgehead atoms. The molecule has 1 aromatic carbocycles. The summed E-state index contributed by atoms with van der Waals surface area (Å²) in [5.41, 5.74) is 0.637. The molecular weight excluding hydrogens is 254 g/mol. The van der Waals surface area contributed by atoms with E-state index >= 15 is 0 Å². The Labute approximate surface area is 118 Å². The third-order valence-electron chi connectivity index (χ3n) is 3.43. The average molecular weight is 273 g/mol. The molecule has 5 nitrogen and oxygen atoms in total. The molecule has 0 radical (unpaired) electrons. The van der Waals surface area contributed by atoms with E-state index in [2.05, 4.69) is 16.7 Å². The SMILES string of the molecule is CCOc1ccccc1NC(=O)N[C@@H]1CCC[C@@H]1C#N. The summed E-state index contributed by atoms with van der Waals surface area (Å²) >= 11 is 0. The number of carbonyl (C=O) groups excluding carboxylic acids is 1. The Bertz CT molecular complexity index is 510. The van der Waals surface area contributed by atoms with Gasteiger partial charge in [-0.1, -0.05) is 12.1 Å². The second-order valence-corrected chi connectivity index (χ2v) is 4.80. The topological polar surface area (TPSA) is 74.2 Å². The highest BCUT2D eigenvalue weighted by Crippen LogP contribution is 2.26. The zero-order chi connectivity index (χ0) is 14.4. The van der Waals surface area contributed by atoms with E-state index in [4.69, 9.17) is 10.00 Å². The Hall–Kier alpha value is -2.22. The monoisotopic (exact) mass is 273 g/mol. The lowest BCUT2D eigenvalue weighted by Gasteiger charge is -2.17. The first kappa shape index (κ1) is 14.2. The molecule has 0 aliphatic heterocycles. The fourth-order valence-corrected chi connectivity index (χ4v) is 2.47. The summed E-state index contributed by atoms with van der Waals surface area (Å²) in [6.45, 7) is 2.44. The van der Waals surface area contributed by atoms with Crippen LogP contribution in [0.25, 0.3) is 0 Å². The Kier molecular flexibility index (Phi) is 4.83. The minimum atomic E-state index is -0.288. The predicted octanol–water partition coefficient (Wildman–Crippen LogP) is 2.90. The van der Waals surface area contributed by atoms with Gasteiger partial charge in [0.15, 0.2) is 0 Å². The lowest BCUT2D eigenvalue weighted by atomic mass is 10.1. The van der Waals surface area contributed by atoms with Gasteiger partial charge in [-0.3, -0.25) is 0 Å². The summed E-state index contributed by atoms with van der Waals surface area (Å²) in [6, 6.07) is 9.21. The molecule has 2 rings (SSSR count). The molecule has 5 heteroatoms. The van der Waals surface area contributed by atoms with E-state index in [1.807, 2.05) is 25.1 Å². The fourth-order valence-electron chi connectivity index (χ4n) is 2.47. The van der Waals surface area contributed by atoms with Crippen molar-refractivity contribution in [2.45, 2.75) is 32.2 Å². The normalized spacial score (nSPS) is 21.0. The molecule has 2 amide bonds. The third kappa shape index (κ3) is 3.41. The van der Waals surface area contributed by atoms with Gasteiger partial charge in [-0.2, -0.15) is 5.26 Å². The predicted molar refractivity (Wildman–Crippen MR) is 76.5 cm³/mol. The van der Waals surface area contributed by atoms with Gasteiger partial charge in [-0.25, -0.2) is 4.79 Å². The van der Waals surface area contributed by atoms with Crippen LogP contribution in [0.4, 0.5) is 10.5 Å². The van der Waals surface area contributed by atoms with Gasteiger partial charge in [0.2, 0.25) is 0 Å². The van der Waals surface area contributed by atoms with Gasteiger partial charge >= 0.3 is 6.03 Å². The van der Waals surface area contributed by atoms with Crippen molar-refractivity contribution in [1.82, 2.24) is 5.32 Å². The molecule has 2 atom stereocenters.